The lowest BCUT2D eigenvalue weighted by molar-refractivity contribution is -0.0688. The Balaban J connectivity index is 1.30. The highest BCUT2D eigenvalue weighted by Gasteiger charge is 2.53. The predicted octanol–water partition coefficient (Wildman–Crippen LogP) is 3.89. The van der Waals surface area contributed by atoms with Gasteiger partial charge in [-0.3, -0.25) is 4.79 Å². The van der Waals surface area contributed by atoms with Crippen molar-refractivity contribution in [1.82, 2.24) is 10.5 Å². The molecular formula is C19H26N2O2. The average molecular weight is 314 g/mol. The monoisotopic (exact) mass is 314 g/mol. The summed E-state index contributed by atoms with van der Waals surface area (Å²) in [6, 6.07) is 2.09. The standard InChI is InChI=1S/C19H26N2O2/c1-11(19-8-12-4-13(9-19)6-14(5-12)10-19)20-18(22)16-7-17(23-21-16)15-2-3-15/h7,11-15H,2-6,8-10H2,1H3,(H,20,22). The normalized spacial score (nSPS) is 39.4. The molecule has 0 radical (unpaired) electrons. The van der Waals surface area contributed by atoms with Crippen LogP contribution in [0.4, 0.5) is 0 Å². The number of amides is 1. The lowest BCUT2D eigenvalue weighted by atomic mass is 9.48. The molecular weight excluding hydrogens is 288 g/mol. The smallest absolute Gasteiger partial charge is 0.273 e. The Morgan fingerprint density at radius 2 is 1.83 bits per heavy atom. The summed E-state index contributed by atoms with van der Waals surface area (Å²) in [7, 11) is 0. The molecule has 1 aromatic heterocycles. The van der Waals surface area contributed by atoms with Gasteiger partial charge in [0.2, 0.25) is 0 Å². The van der Waals surface area contributed by atoms with Crippen molar-refractivity contribution in [3.8, 4) is 0 Å². The summed E-state index contributed by atoms with van der Waals surface area (Å²) in [5, 5.41) is 7.25. The minimum atomic E-state index is -0.0519. The van der Waals surface area contributed by atoms with E-state index >= 15 is 0 Å². The van der Waals surface area contributed by atoms with Crippen LogP contribution < -0.4 is 5.32 Å². The van der Waals surface area contributed by atoms with Gasteiger partial charge in [-0.15, -0.1) is 0 Å². The topological polar surface area (TPSA) is 55.1 Å². The van der Waals surface area contributed by atoms with Crippen LogP contribution >= 0.6 is 0 Å². The molecule has 0 aromatic carbocycles. The maximum absolute atomic E-state index is 12.6. The van der Waals surface area contributed by atoms with Gasteiger partial charge in [-0.05, 0) is 81.5 Å². The molecule has 1 atom stereocenters. The summed E-state index contributed by atoms with van der Waals surface area (Å²) in [6.07, 6.45) is 10.6. The minimum Gasteiger partial charge on any atom is -0.360 e. The first kappa shape index (κ1) is 14.1. The van der Waals surface area contributed by atoms with Crippen LogP contribution in [0.25, 0.3) is 0 Å². The minimum absolute atomic E-state index is 0.0519. The van der Waals surface area contributed by atoms with Gasteiger partial charge in [0.15, 0.2) is 5.69 Å². The Hall–Kier alpha value is -1.32. The van der Waals surface area contributed by atoms with E-state index in [1.807, 2.05) is 6.07 Å². The second kappa shape index (κ2) is 4.84. The zero-order valence-electron chi connectivity index (χ0n) is 13.9. The highest BCUT2D eigenvalue weighted by atomic mass is 16.5. The van der Waals surface area contributed by atoms with Crippen LogP contribution in [-0.4, -0.2) is 17.1 Å². The van der Waals surface area contributed by atoms with Crippen molar-refractivity contribution in [2.45, 2.75) is 70.3 Å². The van der Waals surface area contributed by atoms with E-state index in [1.54, 1.807) is 0 Å². The Labute approximate surface area is 137 Å². The van der Waals surface area contributed by atoms with E-state index in [0.29, 0.717) is 17.0 Å². The molecule has 4 heteroatoms. The van der Waals surface area contributed by atoms with Gasteiger partial charge in [0, 0.05) is 18.0 Å². The van der Waals surface area contributed by atoms with Gasteiger partial charge < -0.3 is 9.84 Å². The first-order valence-corrected chi connectivity index (χ1v) is 9.39. The molecule has 4 nitrogen and oxygen atoms in total. The summed E-state index contributed by atoms with van der Waals surface area (Å²) in [5.41, 5.74) is 0.802. The molecule has 1 aromatic rings. The Kier molecular flexibility index (Phi) is 2.96. The predicted molar refractivity (Wildman–Crippen MR) is 86.0 cm³/mol. The van der Waals surface area contributed by atoms with Gasteiger partial charge in [0.25, 0.3) is 5.91 Å². The Bertz CT molecular complexity index is 596. The van der Waals surface area contributed by atoms with Crippen molar-refractivity contribution >= 4 is 5.91 Å². The molecule has 6 rings (SSSR count). The molecule has 1 unspecified atom stereocenters. The maximum Gasteiger partial charge on any atom is 0.273 e. The van der Waals surface area contributed by atoms with E-state index in [-0.39, 0.29) is 11.9 Å². The molecule has 5 aliphatic rings. The quantitative estimate of drug-likeness (QED) is 0.917. The molecule has 5 saturated carbocycles. The van der Waals surface area contributed by atoms with Gasteiger partial charge >= 0.3 is 0 Å². The van der Waals surface area contributed by atoms with Gasteiger partial charge in [0.05, 0.1) is 0 Å². The summed E-state index contributed by atoms with van der Waals surface area (Å²) in [4.78, 5) is 12.6. The molecule has 4 bridgehead atoms. The van der Waals surface area contributed by atoms with Gasteiger partial charge in [-0.1, -0.05) is 5.16 Å². The first-order chi connectivity index (χ1) is 11.1. The first-order valence-electron chi connectivity index (χ1n) is 9.39. The van der Waals surface area contributed by atoms with Crippen molar-refractivity contribution in [2.24, 2.45) is 23.2 Å². The Morgan fingerprint density at radius 3 is 2.39 bits per heavy atom. The third kappa shape index (κ3) is 2.33. The average Bonchev–Trinajstić information content (AvgIpc) is 3.23. The van der Waals surface area contributed by atoms with Crippen LogP contribution in [0, 0.1) is 23.2 Å². The number of nitrogens with one attached hydrogen (secondary N) is 1. The lowest BCUT2D eigenvalue weighted by Gasteiger charge is -2.59. The van der Waals surface area contributed by atoms with Crippen molar-refractivity contribution in [2.75, 3.05) is 0 Å². The molecule has 5 fully saturated rings. The van der Waals surface area contributed by atoms with E-state index in [4.69, 9.17) is 4.52 Å². The Morgan fingerprint density at radius 1 is 1.22 bits per heavy atom. The molecule has 1 N–H and O–H groups in total. The van der Waals surface area contributed by atoms with E-state index in [2.05, 4.69) is 17.4 Å². The van der Waals surface area contributed by atoms with E-state index in [1.165, 1.54) is 51.4 Å². The maximum atomic E-state index is 12.6. The summed E-state index contributed by atoms with van der Waals surface area (Å²) in [5.74, 6) is 4.07. The van der Waals surface area contributed by atoms with Crippen LogP contribution in [0.1, 0.15) is 80.5 Å². The fraction of sp³-hybridized carbons (Fsp3) is 0.789. The van der Waals surface area contributed by atoms with E-state index in [9.17, 15) is 4.79 Å². The third-order valence-corrected chi connectivity index (χ3v) is 7.09. The fourth-order valence-corrected chi connectivity index (χ4v) is 6.09. The summed E-state index contributed by atoms with van der Waals surface area (Å²) in [6.45, 7) is 2.22. The van der Waals surface area contributed by atoms with Crippen LogP contribution in [-0.2, 0) is 0 Å². The molecule has 5 aliphatic carbocycles. The number of rotatable bonds is 4. The molecule has 0 aliphatic heterocycles. The number of aromatic nitrogens is 1. The SMILES string of the molecule is CC(NC(=O)c1cc(C2CC2)on1)C12CC3CC(CC(C3)C1)C2. The second-order valence-corrected chi connectivity index (χ2v) is 8.86. The summed E-state index contributed by atoms with van der Waals surface area (Å²) >= 11 is 0. The molecule has 23 heavy (non-hydrogen) atoms. The number of nitrogens with zero attached hydrogens (tertiary/aromatic N) is 1. The molecule has 1 amide bonds. The van der Waals surface area contributed by atoms with Gasteiger partial charge in [0.1, 0.15) is 5.76 Å². The number of carbonyl (C=O) groups is 1. The van der Waals surface area contributed by atoms with E-state index in [0.717, 1.165) is 23.5 Å². The highest BCUT2D eigenvalue weighted by Crippen LogP contribution is 2.61. The van der Waals surface area contributed by atoms with Crippen LogP contribution in [0.15, 0.2) is 10.6 Å². The fourth-order valence-electron chi connectivity index (χ4n) is 6.09. The molecule has 0 spiro atoms. The molecule has 1 heterocycles. The van der Waals surface area contributed by atoms with Crippen molar-refractivity contribution in [1.29, 1.82) is 0 Å². The number of hydrogen-bond acceptors (Lipinski definition) is 3. The van der Waals surface area contributed by atoms with Crippen LogP contribution in [0.2, 0.25) is 0 Å². The van der Waals surface area contributed by atoms with E-state index < -0.39 is 0 Å². The number of carbonyl (C=O) groups excluding carboxylic acids is 1. The highest BCUT2D eigenvalue weighted by molar-refractivity contribution is 5.92. The summed E-state index contributed by atoms with van der Waals surface area (Å²) < 4.78 is 5.33. The zero-order chi connectivity index (χ0) is 15.6. The van der Waals surface area contributed by atoms with Gasteiger partial charge in [-0.2, -0.15) is 0 Å². The van der Waals surface area contributed by atoms with Crippen molar-refractivity contribution in [3.63, 3.8) is 0 Å². The molecule has 124 valence electrons. The van der Waals surface area contributed by atoms with Crippen molar-refractivity contribution < 1.29 is 9.32 Å². The van der Waals surface area contributed by atoms with Crippen LogP contribution in [0.3, 0.4) is 0 Å². The lowest BCUT2D eigenvalue weighted by Crippen LogP contribution is -2.55. The zero-order valence-corrected chi connectivity index (χ0v) is 13.9. The number of hydrogen-bond donors (Lipinski definition) is 1. The largest absolute Gasteiger partial charge is 0.360 e. The molecule has 0 saturated heterocycles. The third-order valence-electron chi connectivity index (χ3n) is 7.09. The van der Waals surface area contributed by atoms with Gasteiger partial charge in [-0.25, -0.2) is 0 Å². The van der Waals surface area contributed by atoms with Crippen molar-refractivity contribution in [3.05, 3.63) is 17.5 Å². The second-order valence-electron chi connectivity index (χ2n) is 8.86. The van der Waals surface area contributed by atoms with Crippen LogP contribution in [0.5, 0.6) is 0 Å².